The Morgan fingerprint density at radius 2 is 2.35 bits per heavy atom. The summed E-state index contributed by atoms with van der Waals surface area (Å²) < 4.78 is 0. The van der Waals surface area contributed by atoms with Gasteiger partial charge in [-0.3, -0.25) is 4.79 Å². The van der Waals surface area contributed by atoms with Crippen LogP contribution in [0.15, 0.2) is 18.3 Å². The van der Waals surface area contributed by atoms with E-state index in [0.29, 0.717) is 10.7 Å². The number of carbonyl (C=O) groups excluding carboxylic acids is 1. The third-order valence-electron chi connectivity index (χ3n) is 2.36. The maximum Gasteiger partial charge on any atom is 0.270 e. The van der Waals surface area contributed by atoms with Crippen LogP contribution < -0.4 is 5.32 Å². The molecular formula is C11H15ClN2O2S. The summed E-state index contributed by atoms with van der Waals surface area (Å²) in [5, 5.41) is 12.4. The van der Waals surface area contributed by atoms with Crippen LogP contribution in [0.1, 0.15) is 17.4 Å². The molecule has 0 aliphatic heterocycles. The van der Waals surface area contributed by atoms with Crippen LogP contribution >= 0.6 is 23.4 Å². The van der Waals surface area contributed by atoms with Crippen LogP contribution in [0.4, 0.5) is 0 Å². The van der Waals surface area contributed by atoms with Gasteiger partial charge in [0.15, 0.2) is 0 Å². The van der Waals surface area contributed by atoms with E-state index in [2.05, 4.69) is 10.3 Å². The fourth-order valence-corrected chi connectivity index (χ4v) is 2.06. The number of rotatable bonds is 5. The SMILES string of the molecule is CS[C@H](CO)[C@H](C)NC(=O)c1ccc(Cl)cn1. The summed E-state index contributed by atoms with van der Waals surface area (Å²) in [6.07, 6.45) is 3.32. The van der Waals surface area contributed by atoms with Gasteiger partial charge in [-0.25, -0.2) is 4.98 Å². The van der Waals surface area contributed by atoms with Gasteiger partial charge in [-0.1, -0.05) is 11.6 Å². The number of thioether (sulfide) groups is 1. The molecule has 0 spiro atoms. The van der Waals surface area contributed by atoms with E-state index in [4.69, 9.17) is 16.7 Å². The second-order valence-electron chi connectivity index (χ2n) is 3.58. The topological polar surface area (TPSA) is 62.2 Å². The molecule has 94 valence electrons. The lowest BCUT2D eigenvalue weighted by Gasteiger charge is -2.20. The highest BCUT2D eigenvalue weighted by molar-refractivity contribution is 7.99. The van der Waals surface area contributed by atoms with E-state index in [1.165, 1.54) is 18.0 Å². The van der Waals surface area contributed by atoms with Crippen LogP contribution in [0.2, 0.25) is 5.02 Å². The second kappa shape index (κ2) is 6.83. The summed E-state index contributed by atoms with van der Waals surface area (Å²) in [5.41, 5.74) is 0.319. The van der Waals surface area contributed by atoms with E-state index in [1.54, 1.807) is 12.1 Å². The first-order chi connectivity index (χ1) is 8.08. The van der Waals surface area contributed by atoms with E-state index in [0.717, 1.165) is 0 Å². The lowest BCUT2D eigenvalue weighted by molar-refractivity contribution is 0.0931. The van der Waals surface area contributed by atoms with Crippen LogP contribution in [0.5, 0.6) is 0 Å². The van der Waals surface area contributed by atoms with Crippen molar-refractivity contribution in [3.63, 3.8) is 0 Å². The molecular weight excluding hydrogens is 260 g/mol. The molecule has 2 N–H and O–H groups in total. The van der Waals surface area contributed by atoms with E-state index in [9.17, 15) is 4.79 Å². The zero-order chi connectivity index (χ0) is 12.8. The second-order valence-corrected chi connectivity index (χ2v) is 5.09. The van der Waals surface area contributed by atoms with Gasteiger partial charge in [0.05, 0.1) is 11.6 Å². The van der Waals surface area contributed by atoms with Gasteiger partial charge in [-0.15, -0.1) is 0 Å². The first kappa shape index (κ1) is 14.3. The van der Waals surface area contributed by atoms with Gasteiger partial charge < -0.3 is 10.4 Å². The normalized spacial score (nSPS) is 14.1. The fraction of sp³-hybridized carbons (Fsp3) is 0.455. The van der Waals surface area contributed by atoms with Crippen molar-refractivity contribution in [2.24, 2.45) is 0 Å². The number of aliphatic hydroxyl groups excluding tert-OH is 1. The average Bonchev–Trinajstić information content (AvgIpc) is 2.31. The summed E-state index contributed by atoms with van der Waals surface area (Å²) in [6.45, 7) is 1.88. The first-order valence-electron chi connectivity index (χ1n) is 5.14. The Hall–Kier alpha value is -0.780. The minimum Gasteiger partial charge on any atom is -0.395 e. The Balaban J connectivity index is 2.62. The van der Waals surface area contributed by atoms with Gasteiger partial charge in [0.2, 0.25) is 0 Å². The lowest BCUT2D eigenvalue weighted by Crippen LogP contribution is -2.41. The minimum absolute atomic E-state index is 0.0220. The fourth-order valence-electron chi connectivity index (χ4n) is 1.32. The lowest BCUT2D eigenvalue weighted by atomic mass is 10.2. The monoisotopic (exact) mass is 274 g/mol. The van der Waals surface area contributed by atoms with Crippen molar-refractivity contribution in [1.82, 2.24) is 10.3 Å². The molecule has 0 aromatic carbocycles. The third kappa shape index (κ3) is 4.18. The van der Waals surface area contributed by atoms with Crippen molar-refractivity contribution in [1.29, 1.82) is 0 Å². The number of carbonyl (C=O) groups is 1. The summed E-state index contributed by atoms with van der Waals surface area (Å²) in [7, 11) is 0. The Morgan fingerprint density at radius 3 is 2.82 bits per heavy atom. The highest BCUT2D eigenvalue weighted by atomic mass is 35.5. The Kier molecular flexibility index (Phi) is 5.74. The van der Waals surface area contributed by atoms with Gasteiger partial charge in [0.25, 0.3) is 5.91 Å². The van der Waals surface area contributed by atoms with Crippen molar-refractivity contribution in [2.45, 2.75) is 18.2 Å². The van der Waals surface area contributed by atoms with E-state index >= 15 is 0 Å². The average molecular weight is 275 g/mol. The molecule has 0 aliphatic carbocycles. The predicted octanol–water partition coefficient (Wildman–Crippen LogP) is 1.58. The number of nitrogens with one attached hydrogen (secondary N) is 1. The number of hydrogen-bond acceptors (Lipinski definition) is 4. The first-order valence-corrected chi connectivity index (χ1v) is 6.81. The van der Waals surface area contributed by atoms with Gasteiger partial charge in [-0.2, -0.15) is 11.8 Å². The maximum atomic E-state index is 11.8. The summed E-state index contributed by atoms with van der Waals surface area (Å²) in [4.78, 5) is 15.7. The molecule has 0 fully saturated rings. The minimum atomic E-state index is -0.262. The van der Waals surface area contributed by atoms with E-state index < -0.39 is 0 Å². The van der Waals surface area contributed by atoms with Crippen molar-refractivity contribution in [2.75, 3.05) is 12.9 Å². The number of nitrogens with zero attached hydrogens (tertiary/aromatic N) is 1. The van der Waals surface area contributed by atoms with Crippen LogP contribution in [0.25, 0.3) is 0 Å². The highest BCUT2D eigenvalue weighted by Gasteiger charge is 2.18. The predicted molar refractivity (Wildman–Crippen MR) is 70.6 cm³/mol. The molecule has 2 atom stereocenters. The molecule has 1 amide bonds. The zero-order valence-electron chi connectivity index (χ0n) is 9.68. The molecule has 0 unspecified atom stereocenters. The molecule has 17 heavy (non-hydrogen) atoms. The van der Waals surface area contributed by atoms with E-state index in [1.807, 2.05) is 13.2 Å². The van der Waals surface area contributed by atoms with Crippen LogP contribution in [0, 0.1) is 0 Å². The van der Waals surface area contributed by atoms with Crippen LogP contribution in [-0.2, 0) is 0 Å². The van der Waals surface area contributed by atoms with Crippen molar-refractivity contribution < 1.29 is 9.90 Å². The number of aliphatic hydroxyl groups is 1. The number of pyridine rings is 1. The van der Waals surface area contributed by atoms with Crippen LogP contribution in [0.3, 0.4) is 0 Å². The Labute approximate surface area is 110 Å². The number of halogens is 1. The molecule has 1 aromatic heterocycles. The molecule has 0 saturated heterocycles. The number of amides is 1. The number of aromatic nitrogens is 1. The molecule has 1 heterocycles. The van der Waals surface area contributed by atoms with Gasteiger partial charge in [-0.05, 0) is 25.3 Å². The number of hydrogen-bond donors (Lipinski definition) is 2. The molecule has 0 aliphatic rings. The smallest absolute Gasteiger partial charge is 0.270 e. The van der Waals surface area contributed by atoms with Crippen LogP contribution in [-0.4, -0.2) is 40.2 Å². The van der Waals surface area contributed by atoms with E-state index in [-0.39, 0.29) is 23.8 Å². The summed E-state index contributed by atoms with van der Waals surface area (Å²) in [5.74, 6) is -0.262. The molecule has 0 bridgehead atoms. The molecule has 1 rings (SSSR count). The molecule has 1 aromatic rings. The Morgan fingerprint density at radius 1 is 1.65 bits per heavy atom. The highest BCUT2D eigenvalue weighted by Crippen LogP contribution is 2.11. The molecule has 0 radical (unpaired) electrons. The molecule has 6 heteroatoms. The molecule has 0 saturated carbocycles. The standard InChI is InChI=1S/C11H15ClN2O2S/c1-7(10(6-15)17-2)14-11(16)9-4-3-8(12)5-13-9/h3-5,7,10,15H,6H2,1-2H3,(H,14,16)/t7-,10+/m0/s1. The van der Waals surface area contributed by atoms with Gasteiger partial charge >= 0.3 is 0 Å². The van der Waals surface area contributed by atoms with Gasteiger partial charge in [0.1, 0.15) is 5.69 Å². The van der Waals surface area contributed by atoms with Crippen molar-refractivity contribution in [3.05, 3.63) is 29.0 Å². The quantitative estimate of drug-likeness (QED) is 0.856. The largest absolute Gasteiger partial charge is 0.395 e. The van der Waals surface area contributed by atoms with Crippen molar-refractivity contribution >= 4 is 29.3 Å². The molecule has 4 nitrogen and oxygen atoms in total. The zero-order valence-corrected chi connectivity index (χ0v) is 11.3. The summed E-state index contributed by atoms with van der Waals surface area (Å²) in [6, 6.07) is 3.06. The van der Waals surface area contributed by atoms with Gasteiger partial charge in [0, 0.05) is 17.5 Å². The van der Waals surface area contributed by atoms with Crippen molar-refractivity contribution in [3.8, 4) is 0 Å². The summed E-state index contributed by atoms with van der Waals surface area (Å²) >= 11 is 7.20. The Bertz CT molecular complexity index is 368. The third-order valence-corrected chi connectivity index (χ3v) is 3.75. The maximum absolute atomic E-state index is 11.8.